The number of hydrogen-bond donors (Lipinski definition) is 2. The fourth-order valence-corrected chi connectivity index (χ4v) is 2.98. The molecule has 100 valence electrons. The van der Waals surface area contributed by atoms with Gasteiger partial charge >= 0.3 is 0 Å². The van der Waals surface area contributed by atoms with Gasteiger partial charge < -0.3 is 11.1 Å². The lowest BCUT2D eigenvalue weighted by atomic mass is 10.2. The molecule has 19 heavy (non-hydrogen) atoms. The van der Waals surface area contributed by atoms with Crippen molar-refractivity contribution in [2.75, 3.05) is 5.32 Å². The predicted molar refractivity (Wildman–Crippen MR) is 88.8 cm³/mol. The average molecular weight is 356 g/mol. The summed E-state index contributed by atoms with van der Waals surface area (Å²) in [5, 5.41) is 4.40. The second-order valence-corrected chi connectivity index (χ2v) is 6.54. The summed E-state index contributed by atoms with van der Waals surface area (Å²) in [5.74, 6) is 0. The van der Waals surface area contributed by atoms with Crippen molar-refractivity contribution in [1.82, 2.24) is 4.98 Å². The zero-order valence-electron chi connectivity index (χ0n) is 10.4. The molecule has 0 aliphatic heterocycles. The van der Waals surface area contributed by atoms with Crippen LogP contribution in [0.5, 0.6) is 0 Å². The van der Waals surface area contributed by atoms with Gasteiger partial charge in [-0.1, -0.05) is 35.1 Å². The standard InChI is InChI=1S/C13H14BrN3S2/c1-2-9-6-17-12(19-9)7-16-11-5-8(14)3-4-10(11)13(15)18/h3-6,16H,2,7H2,1H3,(H2,15,18). The van der Waals surface area contributed by atoms with Crippen molar-refractivity contribution >= 4 is 50.2 Å². The van der Waals surface area contributed by atoms with Crippen LogP contribution in [0.2, 0.25) is 0 Å². The van der Waals surface area contributed by atoms with E-state index in [2.05, 4.69) is 33.2 Å². The number of benzene rings is 1. The Morgan fingerprint density at radius 2 is 2.32 bits per heavy atom. The van der Waals surface area contributed by atoms with Crippen molar-refractivity contribution in [3.63, 3.8) is 0 Å². The first-order chi connectivity index (χ1) is 9.10. The second kappa shape index (κ2) is 6.45. The molecule has 0 fully saturated rings. The number of hydrogen-bond acceptors (Lipinski definition) is 4. The minimum atomic E-state index is 0.392. The van der Waals surface area contributed by atoms with Crippen LogP contribution in [-0.2, 0) is 13.0 Å². The van der Waals surface area contributed by atoms with Crippen LogP contribution in [0.1, 0.15) is 22.4 Å². The maximum absolute atomic E-state index is 5.72. The van der Waals surface area contributed by atoms with Gasteiger partial charge in [-0.2, -0.15) is 0 Å². The lowest BCUT2D eigenvalue weighted by molar-refractivity contribution is 1.09. The molecule has 1 aromatic heterocycles. The smallest absolute Gasteiger partial charge is 0.112 e. The Bertz CT molecular complexity index is 595. The molecule has 0 bridgehead atoms. The van der Waals surface area contributed by atoms with Gasteiger partial charge in [0.15, 0.2) is 0 Å². The third-order valence-corrected chi connectivity index (χ3v) is 4.48. The first kappa shape index (κ1) is 14.4. The number of aromatic nitrogens is 1. The highest BCUT2D eigenvalue weighted by molar-refractivity contribution is 9.10. The third kappa shape index (κ3) is 3.75. The molecule has 2 aromatic rings. The minimum Gasteiger partial charge on any atom is -0.389 e. The Labute approximate surface area is 130 Å². The number of anilines is 1. The third-order valence-electron chi connectivity index (χ3n) is 2.63. The van der Waals surface area contributed by atoms with Crippen LogP contribution in [0, 0.1) is 0 Å². The van der Waals surface area contributed by atoms with Gasteiger partial charge in [-0.3, -0.25) is 0 Å². The van der Waals surface area contributed by atoms with Gasteiger partial charge in [-0.05, 0) is 24.6 Å². The summed E-state index contributed by atoms with van der Waals surface area (Å²) in [6, 6.07) is 5.81. The van der Waals surface area contributed by atoms with E-state index in [-0.39, 0.29) is 0 Å². The van der Waals surface area contributed by atoms with E-state index in [1.54, 1.807) is 11.3 Å². The summed E-state index contributed by atoms with van der Waals surface area (Å²) >= 11 is 10.2. The molecule has 1 heterocycles. The molecule has 6 heteroatoms. The Morgan fingerprint density at radius 3 is 2.95 bits per heavy atom. The average Bonchev–Trinajstić information content (AvgIpc) is 2.84. The topological polar surface area (TPSA) is 50.9 Å². The summed E-state index contributed by atoms with van der Waals surface area (Å²) in [4.78, 5) is 6.06. The highest BCUT2D eigenvalue weighted by Crippen LogP contribution is 2.23. The molecule has 0 radical (unpaired) electrons. The van der Waals surface area contributed by atoms with Gasteiger partial charge in [0.1, 0.15) is 10.00 Å². The molecule has 1 aromatic carbocycles. The highest BCUT2D eigenvalue weighted by Gasteiger charge is 2.07. The van der Waals surface area contributed by atoms with Gasteiger partial charge in [0.05, 0.1) is 6.54 Å². The molecule has 0 aliphatic rings. The van der Waals surface area contributed by atoms with Gasteiger partial charge in [-0.15, -0.1) is 11.3 Å². The zero-order chi connectivity index (χ0) is 13.8. The van der Waals surface area contributed by atoms with Gasteiger partial charge in [-0.25, -0.2) is 4.98 Å². The maximum Gasteiger partial charge on any atom is 0.112 e. The van der Waals surface area contributed by atoms with Crippen LogP contribution < -0.4 is 11.1 Å². The monoisotopic (exact) mass is 355 g/mol. The summed E-state index contributed by atoms with van der Waals surface area (Å²) in [6.07, 6.45) is 2.95. The number of rotatable bonds is 5. The summed E-state index contributed by atoms with van der Waals surface area (Å²) in [5.41, 5.74) is 7.50. The van der Waals surface area contributed by atoms with Crippen LogP contribution in [0.15, 0.2) is 28.9 Å². The van der Waals surface area contributed by atoms with E-state index in [0.717, 1.165) is 27.2 Å². The second-order valence-electron chi connectivity index (χ2n) is 3.98. The normalized spacial score (nSPS) is 10.4. The number of nitrogens with zero attached hydrogens (tertiary/aromatic N) is 1. The Hall–Kier alpha value is -0.980. The quantitative estimate of drug-likeness (QED) is 0.802. The number of nitrogens with one attached hydrogen (secondary N) is 1. The largest absolute Gasteiger partial charge is 0.389 e. The summed E-state index contributed by atoms with van der Waals surface area (Å²) < 4.78 is 0.989. The molecule has 2 rings (SSSR count). The van der Waals surface area contributed by atoms with Gasteiger partial charge in [0.2, 0.25) is 0 Å². The van der Waals surface area contributed by atoms with Crippen molar-refractivity contribution in [2.24, 2.45) is 5.73 Å². The van der Waals surface area contributed by atoms with Crippen molar-refractivity contribution in [2.45, 2.75) is 19.9 Å². The van der Waals surface area contributed by atoms with E-state index in [4.69, 9.17) is 18.0 Å². The van der Waals surface area contributed by atoms with E-state index in [9.17, 15) is 0 Å². The number of nitrogens with two attached hydrogens (primary N) is 1. The van der Waals surface area contributed by atoms with Crippen LogP contribution in [0.25, 0.3) is 0 Å². The maximum atomic E-state index is 5.72. The molecule has 0 saturated carbocycles. The first-order valence-electron chi connectivity index (χ1n) is 5.87. The molecule has 3 nitrogen and oxygen atoms in total. The fraction of sp³-hybridized carbons (Fsp3) is 0.231. The van der Waals surface area contributed by atoms with E-state index in [1.165, 1.54) is 4.88 Å². The Balaban J connectivity index is 2.14. The van der Waals surface area contributed by atoms with Crippen molar-refractivity contribution in [3.8, 4) is 0 Å². The molecule has 3 N–H and O–H groups in total. The molecule has 0 atom stereocenters. The Kier molecular flexibility index (Phi) is 4.90. The molecule has 0 spiro atoms. The van der Waals surface area contributed by atoms with Crippen LogP contribution in [0.4, 0.5) is 5.69 Å². The van der Waals surface area contributed by atoms with Crippen LogP contribution in [0.3, 0.4) is 0 Å². The lowest BCUT2D eigenvalue weighted by Gasteiger charge is -2.10. The van der Waals surface area contributed by atoms with Crippen LogP contribution >= 0.6 is 39.5 Å². The van der Waals surface area contributed by atoms with E-state index in [0.29, 0.717) is 11.5 Å². The molecule has 0 aliphatic carbocycles. The SMILES string of the molecule is CCc1cnc(CNc2cc(Br)ccc2C(N)=S)s1. The fourth-order valence-electron chi connectivity index (χ4n) is 1.64. The molecule has 0 unspecified atom stereocenters. The van der Waals surface area contributed by atoms with E-state index < -0.39 is 0 Å². The molecule has 0 amide bonds. The van der Waals surface area contributed by atoms with Crippen molar-refractivity contribution in [3.05, 3.63) is 44.3 Å². The summed E-state index contributed by atoms with van der Waals surface area (Å²) in [6.45, 7) is 2.81. The highest BCUT2D eigenvalue weighted by atomic mass is 79.9. The van der Waals surface area contributed by atoms with Gasteiger partial charge in [0.25, 0.3) is 0 Å². The minimum absolute atomic E-state index is 0.392. The van der Waals surface area contributed by atoms with Gasteiger partial charge in [0, 0.05) is 26.8 Å². The number of aryl methyl sites for hydroxylation is 1. The first-order valence-corrected chi connectivity index (χ1v) is 7.88. The number of thiazole rings is 1. The molecular weight excluding hydrogens is 342 g/mol. The zero-order valence-corrected chi connectivity index (χ0v) is 13.7. The molecular formula is C13H14BrN3S2. The molecule has 0 saturated heterocycles. The number of thiocarbonyl (C=S) groups is 1. The Morgan fingerprint density at radius 1 is 1.53 bits per heavy atom. The van der Waals surface area contributed by atoms with Crippen LogP contribution in [-0.4, -0.2) is 9.97 Å². The van der Waals surface area contributed by atoms with Crippen molar-refractivity contribution < 1.29 is 0 Å². The predicted octanol–water partition coefficient (Wildman–Crippen LogP) is 3.71. The van der Waals surface area contributed by atoms with E-state index >= 15 is 0 Å². The summed E-state index contributed by atoms with van der Waals surface area (Å²) in [7, 11) is 0. The lowest BCUT2D eigenvalue weighted by Crippen LogP contribution is -2.13. The van der Waals surface area contributed by atoms with E-state index in [1.807, 2.05) is 24.4 Å². The number of halogens is 1. The van der Waals surface area contributed by atoms with Crippen molar-refractivity contribution in [1.29, 1.82) is 0 Å².